The molecule has 0 saturated heterocycles. The molecule has 7 nitrogen and oxygen atoms in total. The third-order valence-electron chi connectivity index (χ3n) is 6.91. The molecule has 4 aromatic rings. The van der Waals surface area contributed by atoms with Gasteiger partial charge in [0.25, 0.3) is 11.6 Å². The zero-order valence-corrected chi connectivity index (χ0v) is 22.5. The second-order valence-corrected chi connectivity index (χ2v) is 12.6. The van der Waals surface area contributed by atoms with Crippen LogP contribution in [0.2, 0.25) is 0 Å². The molecular formula is C28H28N4O3S2. The Balaban J connectivity index is 1.30. The summed E-state index contributed by atoms with van der Waals surface area (Å²) >= 11 is 2.83. The average molecular weight is 533 g/mol. The summed E-state index contributed by atoms with van der Waals surface area (Å²) in [5.74, 6) is 0.352. The Morgan fingerprint density at radius 2 is 1.78 bits per heavy atom. The monoisotopic (exact) mass is 532 g/mol. The van der Waals surface area contributed by atoms with E-state index < -0.39 is 4.92 Å². The lowest BCUT2D eigenvalue weighted by molar-refractivity contribution is -0.384. The van der Waals surface area contributed by atoms with Gasteiger partial charge in [0.1, 0.15) is 9.71 Å². The summed E-state index contributed by atoms with van der Waals surface area (Å²) in [7, 11) is 0. The largest absolute Gasteiger partial charge is 0.397 e. The van der Waals surface area contributed by atoms with E-state index in [2.05, 4.69) is 32.2 Å². The zero-order chi connectivity index (χ0) is 26.3. The SMILES string of the molecule is CC(C)(C)C1CCc2nc3sc(C(=O)Nc4ccc(Sc5ccc([N+](=O)[O-])cc5)cc4)c(N)c3cc2C1. The quantitative estimate of drug-likeness (QED) is 0.205. The van der Waals surface area contributed by atoms with E-state index in [9.17, 15) is 14.9 Å². The highest BCUT2D eigenvalue weighted by Gasteiger charge is 2.30. The van der Waals surface area contributed by atoms with Crippen LogP contribution in [0.3, 0.4) is 0 Å². The van der Waals surface area contributed by atoms with Crippen LogP contribution in [0, 0.1) is 21.4 Å². The molecule has 1 atom stereocenters. The van der Waals surface area contributed by atoms with Crippen LogP contribution < -0.4 is 11.1 Å². The number of pyridine rings is 1. The van der Waals surface area contributed by atoms with Gasteiger partial charge in [-0.3, -0.25) is 14.9 Å². The minimum Gasteiger partial charge on any atom is -0.397 e. The molecule has 1 aliphatic rings. The van der Waals surface area contributed by atoms with Gasteiger partial charge in [-0.1, -0.05) is 32.5 Å². The summed E-state index contributed by atoms with van der Waals surface area (Å²) in [6.45, 7) is 6.87. The molecule has 0 spiro atoms. The summed E-state index contributed by atoms with van der Waals surface area (Å²) in [4.78, 5) is 31.5. The number of nitrogens with zero attached hydrogens (tertiary/aromatic N) is 2. The van der Waals surface area contributed by atoms with E-state index in [-0.39, 0.29) is 17.0 Å². The van der Waals surface area contributed by atoms with Crippen molar-refractivity contribution in [2.24, 2.45) is 11.3 Å². The van der Waals surface area contributed by atoms with Crippen molar-refractivity contribution in [1.82, 2.24) is 4.98 Å². The van der Waals surface area contributed by atoms with Gasteiger partial charge in [-0.25, -0.2) is 4.98 Å². The first-order valence-corrected chi connectivity index (χ1v) is 13.8. The first kappa shape index (κ1) is 25.2. The maximum atomic E-state index is 13.1. The smallest absolute Gasteiger partial charge is 0.269 e. The molecule has 1 amide bonds. The van der Waals surface area contributed by atoms with Gasteiger partial charge in [-0.2, -0.15) is 0 Å². The molecule has 190 valence electrons. The molecule has 2 aromatic carbocycles. The topological polar surface area (TPSA) is 111 Å². The van der Waals surface area contributed by atoms with Crippen molar-refractivity contribution in [3.8, 4) is 0 Å². The fourth-order valence-electron chi connectivity index (χ4n) is 4.66. The molecule has 0 saturated carbocycles. The number of nitro groups is 1. The van der Waals surface area contributed by atoms with E-state index in [1.54, 1.807) is 12.1 Å². The van der Waals surface area contributed by atoms with Gasteiger partial charge < -0.3 is 11.1 Å². The highest BCUT2D eigenvalue weighted by molar-refractivity contribution is 7.99. The average Bonchev–Trinajstić information content (AvgIpc) is 3.18. The van der Waals surface area contributed by atoms with E-state index in [0.29, 0.717) is 22.2 Å². The van der Waals surface area contributed by atoms with Crippen molar-refractivity contribution in [1.29, 1.82) is 0 Å². The maximum Gasteiger partial charge on any atom is 0.269 e. The third-order valence-corrected chi connectivity index (χ3v) is 9.04. The fraction of sp³-hybridized carbons (Fsp3) is 0.286. The second kappa shape index (κ2) is 9.79. The molecule has 0 fully saturated rings. The van der Waals surface area contributed by atoms with Gasteiger partial charge in [-0.05, 0) is 78.6 Å². The number of aromatic nitrogens is 1. The Kier molecular flexibility index (Phi) is 6.68. The predicted octanol–water partition coefficient (Wildman–Crippen LogP) is 7.34. The van der Waals surface area contributed by atoms with Crippen LogP contribution in [-0.4, -0.2) is 15.8 Å². The zero-order valence-electron chi connectivity index (χ0n) is 20.9. The van der Waals surface area contributed by atoms with Crippen molar-refractivity contribution >= 4 is 56.3 Å². The third kappa shape index (κ3) is 5.33. The Hall–Kier alpha value is -3.43. The number of nitrogens with two attached hydrogens (primary N) is 1. The summed E-state index contributed by atoms with van der Waals surface area (Å²) in [5.41, 5.74) is 10.3. The van der Waals surface area contributed by atoms with Crippen LogP contribution in [0.1, 0.15) is 48.1 Å². The Bertz CT molecular complexity index is 1490. The number of benzene rings is 2. The van der Waals surface area contributed by atoms with Crippen molar-refractivity contribution in [3.63, 3.8) is 0 Å². The van der Waals surface area contributed by atoms with Crippen molar-refractivity contribution in [3.05, 3.63) is 80.8 Å². The predicted molar refractivity (Wildman–Crippen MR) is 151 cm³/mol. The number of nitrogens with one attached hydrogen (secondary N) is 1. The first-order chi connectivity index (χ1) is 17.6. The number of rotatable bonds is 5. The number of non-ortho nitro benzene ring substituents is 1. The Labute approximate surface area is 223 Å². The summed E-state index contributed by atoms with van der Waals surface area (Å²) in [5, 5.41) is 14.6. The van der Waals surface area contributed by atoms with Gasteiger partial charge in [0.05, 0.1) is 10.6 Å². The van der Waals surface area contributed by atoms with Gasteiger partial charge in [0.2, 0.25) is 0 Å². The standard InChI is InChI=1S/C28H28N4O3S2/c1-28(2,3)17-4-13-23-16(14-17)15-22-24(29)25(37-27(22)31-23)26(33)30-18-5-9-20(10-6-18)36-21-11-7-19(8-12-21)32(34)35/h5-12,15,17H,4,13-14,29H2,1-3H3,(H,30,33). The molecule has 2 heterocycles. The Morgan fingerprint density at radius 1 is 1.14 bits per heavy atom. The number of nitro benzene ring substituents is 1. The number of thiophene rings is 1. The summed E-state index contributed by atoms with van der Waals surface area (Å²) in [6.07, 6.45) is 3.07. The number of nitrogen functional groups attached to an aromatic ring is 1. The minimum absolute atomic E-state index is 0.0624. The minimum atomic E-state index is -0.415. The highest BCUT2D eigenvalue weighted by atomic mass is 32.2. The lowest BCUT2D eigenvalue weighted by Crippen LogP contribution is -2.27. The number of amides is 1. The number of hydrogen-bond donors (Lipinski definition) is 2. The van der Waals surface area contributed by atoms with E-state index in [1.807, 2.05) is 24.3 Å². The number of fused-ring (bicyclic) bond motifs is 2. The lowest BCUT2D eigenvalue weighted by Gasteiger charge is -2.34. The van der Waals surface area contributed by atoms with Crippen LogP contribution in [0.4, 0.5) is 17.1 Å². The van der Waals surface area contributed by atoms with Crippen LogP contribution in [0.5, 0.6) is 0 Å². The van der Waals surface area contributed by atoms with E-state index in [4.69, 9.17) is 10.7 Å². The molecule has 1 unspecified atom stereocenters. The van der Waals surface area contributed by atoms with Gasteiger partial charge >= 0.3 is 0 Å². The van der Waals surface area contributed by atoms with E-state index in [1.165, 1.54) is 40.8 Å². The summed E-state index contributed by atoms with van der Waals surface area (Å²) in [6, 6.07) is 16.0. The molecule has 0 aliphatic heterocycles. The van der Waals surface area contributed by atoms with Crippen LogP contribution in [0.15, 0.2) is 64.4 Å². The molecular weight excluding hydrogens is 504 g/mol. The highest BCUT2D eigenvalue weighted by Crippen LogP contribution is 2.40. The van der Waals surface area contributed by atoms with Crippen molar-refractivity contribution in [2.45, 2.75) is 49.8 Å². The molecule has 0 radical (unpaired) electrons. The molecule has 37 heavy (non-hydrogen) atoms. The van der Waals surface area contributed by atoms with Crippen molar-refractivity contribution < 1.29 is 9.72 Å². The number of carbonyl (C=O) groups is 1. The number of aryl methyl sites for hydroxylation is 1. The molecule has 3 N–H and O–H groups in total. The van der Waals surface area contributed by atoms with Gasteiger partial charge in [0.15, 0.2) is 0 Å². The number of hydrogen-bond acceptors (Lipinski definition) is 7. The fourth-order valence-corrected chi connectivity index (χ4v) is 6.47. The number of anilines is 2. The molecule has 2 aromatic heterocycles. The van der Waals surface area contributed by atoms with E-state index in [0.717, 1.165) is 45.0 Å². The number of carbonyl (C=O) groups excluding carboxylic acids is 1. The maximum absolute atomic E-state index is 13.1. The van der Waals surface area contributed by atoms with Crippen molar-refractivity contribution in [2.75, 3.05) is 11.1 Å². The lowest BCUT2D eigenvalue weighted by atomic mass is 9.71. The first-order valence-electron chi connectivity index (χ1n) is 12.1. The summed E-state index contributed by atoms with van der Waals surface area (Å²) < 4.78 is 0. The Morgan fingerprint density at radius 3 is 2.41 bits per heavy atom. The molecule has 5 rings (SSSR count). The molecule has 9 heteroatoms. The van der Waals surface area contributed by atoms with Crippen LogP contribution in [0.25, 0.3) is 10.2 Å². The van der Waals surface area contributed by atoms with Crippen LogP contribution in [-0.2, 0) is 12.8 Å². The van der Waals surface area contributed by atoms with E-state index >= 15 is 0 Å². The molecule has 1 aliphatic carbocycles. The van der Waals surface area contributed by atoms with Gasteiger partial charge in [-0.15, -0.1) is 11.3 Å². The second-order valence-electron chi connectivity index (χ2n) is 10.4. The van der Waals surface area contributed by atoms with Gasteiger partial charge in [0, 0.05) is 38.7 Å². The normalized spacial score (nSPS) is 15.4. The molecule has 0 bridgehead atoms. The van der Waals surface area contributed by atoms with Crippen LogP contribution >= 0.6 is 23.1 Å².